The Labute approximate surface area is 128 Å². The number of carbonyl (C=O) groups is 2. The third-order valence-electron chi connectivity index (χ3n) is 4.45. The van der Waals surface area contributed by atoms with Gasteiger partial charge >= 0.3 is 0 Å². The molecular formula is C15H21N3O2S. The minimum atomic E-state index is -0.0919. The topological polar surface area (TPSA) is 62.3 Å². The fourth-order valence-corrected chi connectivity index (χ4v) is 3.97. The Balaban J connectivity index is 1.62. The number of aromatic nitrogens is 1. The molecule has 2 fully saturated rings. The van der Waals surface area contributed by atoms with Crippen LogP contribution in [0.15, 0.2) is 6.07 Å². The summed E-state index contributed by atoms with van der Waals surface area (Å²) in [7, 11) is 0. The van der Waals surface area contributed by atoms with Crippen LogP contribution < -0.4 is 5.32 Å². The van der Waals surface area contributed by atoms with Crippen LogP contribution >= 0.6 is 11.5 Å². The number of piperidine rings is 1. The van der Waals surface area contributed by atoms with Gasteiger partial charge in [0.05, 0.1) is 11.6 Å². The molecule has 1 aromatic heterocycles. The maximum atomic E-state index is 12.4. The number of likely N-dealkylation sites (tertiary alicyclic amines) is 1. The van der Waals surface area contributed by atoms with Crippen molar-refractivity contribution in [3.05, 3.63) is 11.8 Å². The van der Waals surface area contributed by atoms with E-state index in [0.29, 0.717) is 25.4 Å². The van der Waals surface area contributed by atoms with Gasteiger partial charge in [-0.05, 0) is 43.8 Å². The molecule has 0 spiro atoms. The average molecular weight is 307 g/mol. The van der Waals surface area contributed by atoms with Gasteiger partial charge in [0, 0.05) is 19.0 Å². The zero-order chi connectivity index (χ0) is 14.8. The van der Waals surface area contributed by atoms with Gasteiger partial charge in [0.25, 0.3) is 0 Å². The molecule has 0 aromatic carbocycles. The molecule has 5 nitrogen and oxygen atoms in total. The second kappa shape index (κ2) is 6.13. The first-order valence-corrected chi connectivity index (χ1v) is 8.44. The van der Waals surface area contributed by atoms with E-state index in [9.17, 15) is 9.59 Å². The molecule has 114 valence electrons. The Morgan fingerprint density at radius 1 is 1.38 bits per heavy atom. The third kappa shape index (κ3) is 3.26. The molecule has 2 aliphatic rings. The van der Waals surface area contributed by atoms with Crippen molar-refractivity contribution >= 4 is 28.3 Å². The first-order valence-electron chi connectivity index (χ1n) is 7.67. The summed E-state index contributed by atoms with van der Waals surface area (Å²) >= 11 is 1.31. The van der Waals surface area contributed by atoms with Crippen LogP contribution in [0.5, 0.6) is 0 Å². The normalized spacial score (nSPS) is 23.6. The summed E-state index contributed by atoms with van der Waals surface area (Å²) < 4.78 is 4.17. The smallest absolute Gasteiger partial charge is 0.229 e. The highest BCUT2D eigenvalue weighted by molar-refractivity contribution is 7.10. The van der Waals surface area contributed by atoms with Crippen LogP contribution in [-0.2, 0) is 9.59 Å². The van der Waals surface area contributed by atoms with E-state index in [0.717, 1.165) is 23.5 Å². The van der Waals surface area contributed by atoms with Crippen LogP contribution in [0.3, 0.4) is 0 Å². The van der Waals surface area contributed by atoms with Crippen LogP contribution in [0.2, 0.25) is 0 Å². The molecule has 1 aliphatic carbocycles. The highest BCUT2D eigenvalue weighted by atomic mass is 32.1. The van der Waals surface area contributed by atoms with Crippen LogP contribution in [0.25, 0.3) is 0 Å². The first kappa shape index (κ1) is 14.5. The minimum Gasteiger partial charge on any atom is -0.339 e. The molecule has 0 radical (unpaired) electrons. The maximum absolute atomic E-state index is 12.4. The number of carbonyl (C=O) groups excluding carboxylic acids is 2. The van der Waals surface area contributed by atoms with Crippen molar-refractivity contribution in [3.63, 3.8) is 0 Å². The number of nitrogens with zero attached hydrogens (tertiary/aromatic N) is 2. The number of hydrogen-bond donors (Lipinski definition) is 1. The SMILES string of the molecule is Cc1cc(NC(=O)[C@@H]2CCC(=O)N(C3CCCC3)C2)sn1. The van der Waals surface area contributed by atoms with Gasteiger partial charge in [-0.3, -0.25) is 9.59 Å². The zero-order valence-electron chi connectivity index (χ0n) is 12.3. The quantitative estimate of drug-likeness (QED) is 0.933. The van der Waals surface area contributed by atoms with Crippen molar-refractivity contribution in [1.29, 1.82) is 0 Å². The number of amides is 2. The predicted molar refractivity (Wildman–Crippen MR) is 82.2 cm³/mol. The van der Waals surface area contributed by atoms with E-state index in [2.05, 4.69) is 9.69 Å². The second-order valence-electron chi connectivity index (χ2n) is 6.04. The van der Waals surface area contributed by atoms with Gasteiger partial charge in [-0.25, -0.2) is 0 Å². The van der Waals surface area contributed by atoms with E-state index < -0.39 is 0 Å². The Kier molecular flexibility index (Phi) is 4.24. The average Bonchev–Trinajstić information content (AvgIpc) is 3.11. The Hall–Kier alpha value is -1.43. The van der Waals surface area contributed by atoms with E-state index in [-0.39, 0.29) is 17.7 Å². The summed E-state index contributed by atoms with van der Waals surface area (Å²) in [6, 6.07) is 2.24. The zero-order valence-corrected chi connectivity index (χ0v) is 13.1. The predicted octanol–water partition coefficient (Wildman–Crippen LogP) is 2.57. The van der Waals surface area contributed by atoms with Gasteiger partial charge in [0.2, 0.25) is 11.8 Å². The van der Waals surface area contributed by atoms with Crippen molar-refractivity contribution in [2.45, 2.75) is 51.5 Å². The van der Waals surface area contributed by atoms with Crippen molar-refractivity contribution in [2.75, 3.05) is 11.9 Å². The van der Waals surface area contributed by atoms with Gasteiger partial charge in [-0.2, -0.15) is 4.37 Å². The van der Waals surface area contributed by atoms with E-state index in [4.69, 9.17) is 0 Å². The molecule has 1 aliphatic heterocycles. The maximum Gasteiger partial charge on any atom is 0.229 e. The summed E-state index contributed by atoms with van der Waals surface area (Å²) in [5.74, 6) is 0.152. The van der Waals surface area contributed by atoms with E-state index >= 15 is 0 Å². The van der Waals surface area contributed by atoms with Crippen molar-refractivity contribution in [1.82, 2.24) is 9.27 Å². The molecule has 1 aromatic rings. The van der Waals surface area contributed by atoms with Crippen LogP contribution in [0.1, 0.15) is 44.2 Å². The van der Waals surface area contributed by atoms with Crippen LogP contribution in [0.4, 0.5) is 5.00 Å². The van der Waals surface area contributed by atoms with Crippen molar-refractivity contribution < 1.29 is 9.59 Å². The summed E-state index contributed by atoms with van der Waals surface area (Å²) in [5, 5.41) is 3.73. The number of nitrogens with one attached hydrogen (secondary N) is 1. The summed E-state index contributed by atoms with van der Waals surface area (Å²) in [6.07, 6.45) is 5.74. The lowest BCUT2D eigenvalue weighted by Crippen LogP contribution is -2.48. The van der Waals surface area contributed by atoms with Crippen LogP contribution in [0, 0.1) is 12.8 Å². The number of anilines is 1. The molecule has 2 amide bonds. The lowest BCUT2D eigenvalue weighted by atomic mass is 9.95. The summed E-state index contributed by atoms with van der Waals surface area (Å²) in [6.45, 7) is 2.49. The van der Waals surface area contributed by atoms with Gasteiger partial charge in [-0.15, -0.1) is 0 Å². The first-order chi connectivity index (χ1) is 10.1. The number of rotatable bonds is 3. The molecule has 2 heterocycles. The largest absolute Gasteiger partial charge is 0.339 e. The number of hydrogen-bond acceptors (Lipinski definition) is 4. The van der Waals surface area contributed by atoms with Gasteiger partial charge in [0.15, 0.2) is 0 Å². The lowest BCUT2D eigenvalue weighted by molar-refractivity contribution is -0.139. The minimum absolute atomic E-state index is 0.0224. The van der Waals surface area contributed by atoms with E-state index in [1.165, 1.54) is 24.4 Å². The lowest BCUT2D eigenvalue weighted by Gasteiger charge is -2.36. The van der Waals surface area contributed by atoms with Crippen LogP contribution in [-0.4, -0.2) is 33.7 Å². The Morgan fingerprint density at radius 2 is 2.14 bits per heavy atom. The standard InChI is InChI=1S/C15H21N3O2S/c1-10-8-13(21-17-10)16-15(20)11-6-7-14(19)18(9-11)12-4-2-3-5-12/h8,11-12H,2-7,9H2,1H3,(H,16,20)/t11-/m1/s1. The fraction of sp³-hybridized carbons (Fsp3) is 0.667. The molecule has 1 N–H and O–H groups in total. The molecule has 1 atom stereocenters. The van der Waals surface area contributed by atoms with Crippen molar-refractivity contribution in [3.8, 4) is 0 Å². The van der Waals surface area contributed by atoms with Gasteiger partial charge in [-0.1, -0.05) is 12.8 Å². The monoisotopic (exact) mass is 307 g/mol. The molecule has 6 heteroatoms. The third-order valence-corrected chi connectivity index (χ3v) is 5.25. The summed E-state index contributed by atoms with van der Waals surface area (Å²) in [5.41, 5.74) is 0.918. The molecule has 1 saturated carbocycles. The molecular weight excluding hydrogens is 286 g/mol. The highest BCUT2D eigenvalue weighted by Gasteiger charge is 2.35. The van der Waals surface area contributed by atoms with E-state index in [1.54, 1.807) is 0 Å². The second-order valence-corrected chi connectivity index (χ2v) is 6.85. The molecule has 0 bridgehead atoms. The summed E-state index contributed by atoms with van der Waals surface area (Å²) in [4.78, 5) is 26.4. The van der Waals surface area contributed by atoms with E-state index in [1.807, 2.05) is 17.9 Å². The molecule has 21 heavy (non-hydrogen) atoms. The van der Waals surface area contributed by atoms with Crippen molar-refractivity contribution in [2.24, 2.45) is 5.92 Å². The fourth-order valence-electron chi connectivity index (χ4n) is 3.30. The molecule has 1 saturated heterocycles. The molecule has 3 rings (SSSR count). The Morgan fingerprint density at radius 3 is 2.81 bits per heavy atom. The van der Waals surface area contributed by atoms with Gasteiger partial charge in [0.1, 0.15) is 5.00 Å². The Bertz CT molecular complexity index is 537. The highest BCUT2D eigenvalue weighted by Crippen LogP contribution is 2.29. The molecule has 0 unspecified atom stereocenters. The number of aryl methyl sites for hydroxylation is 1. The van der Waals surface area contributed by atoms with Gasteiger partial charge < -0.3 is 10.2 Å².